The molecule has 1 aliphatic heterocycles. The summed E-state index contributed by atoms with van der Waals surface area (Å²) in [5.41, 5.74) is 1.23. The highest BCUT2D eigenvalue weighted by atomic mass is 19.1. The number of halogens is 1. The van der Waals surface area contributed by atoms with Crippen molar-refractivity contribution < 1.29 is 13.9 Å². The van der Waals surface area contributed by atoms with Crippen molar-refractivity contribution in [2.24, 2.45) is 0 Å². The first-order valence-corrected chi connectivity index (χ1v) is 5.77. The van der Waals surface area contributed by atoms with Crippen LogP contribution in [0.2, 0.25) is 0 Å². The van der Waals surface area contributed by atoms with Gasteiger partial charge in [0.15, 0.2) is 5.78 Å². The lowest BCUT2D eigenvalue weighted by atomic mass is 9.89. The predicted octanol–water partition coefficient (Wildman–Crippen LogP) is 3.18. The first kappa shape index (κ1) is 11.0. The summed E-state index contributed by atoms with van der Waals surface area (Å²) >= 11 is 0. The Bertz CT molecular complexity index is 593. The molecule has 2 nitrogen and oxygen atoms in total. The molecule has 2 aromatic rings. The van der Waals surface area contributed by atoms with Gasteiger partial charge in [-0.05, 0) is 23.8 Å². The maximum atomic E-state index is 13.2. The summed E-state index contributed by atoms with van der Waals surface area (Å²) in [5, 5.41) is 0. The molecule has 0 spiro atoms. The summed E-state index contributed by atoms with van der Waals surface area (Å²) in [6, 6.07) is 13.5. The summed E-state index contributed by atoms with van der Waals surface area (Å²) in [4.78, 5) is 12.3. The molecule has 0 saturated heterocycles. The second kappa shape index (κ2) is 4.26. The molecule has 0 saturated carbocycles. The van der Waals surface area contributed by atoms with Gasteiger partial charge in [0, 0.05) is 0 Å². The van der Waals surface area contributed by atoms with E-state index in [1.807, 2.05) is 30.3 Å². The van der Waals surface area contributed by atoms with Gasteiger partial charge in [0.25, 0.3) is 0 Å². The van der Waals surface area contributed by atoms with Crippen molar-refractivity contribution in [2.45, 2.75) is 5.92 Å². The number of Topliss-reactive ketones (excluding diaryl/α,β-unsaturated/α-hetero) is 1. The van der Waals surface area contributed by atoms with E-state index >= 15 is 0 Å². The first-order chi connectivity index (χ1) is 8.75. The quantitative estimate of drug-likeness (QED) is 0.767. The average molecular weight is 242 g/mol. The normalized spacial score (nSPS) is 18.1. The van der Waals surface area contributed by atoms with Crippen molar-refractivity contribution in [3.05, 3.63) is 65.5 Å². The van der Waals surface area contributed by atoms with E-state index < -0.39 is 5.82 Å². The molecule has 0 aromatic heterocycles. The summed E-state index contributed by atoms with van der Waals surface area (Å²) in [5.74, 6) is -0.379. The maximum absolute atomic E-state index is 13.2. The fraction of sp³-hybridized carbons (Fsp3) is 0.133. The summed E-state index contributed by atoms with van der Waals surface area (Å²) in [7, 11) is 0. The third kappa shape index (κ3) is 1.78. The zero-order valence-corrected chi connectivity index (χ0v) is 9.60. The molecule has 3 rings (SSSR count). The van der Waals surface area contributed by atoms with Crippen molar-refractivity contribution >= 4 is 5.78 Å². The highest BCUT2D eigenvalue weighted by Gasteiger charge is 2.30. The number of carbonyl (C=O) groups excluding carboxylic acids is 1. The zero-order chi connectivity index (χ0) is 12.5. The molecule has 1 atom stereocenters. The van der Waals surface area contributed by atoms with E-state index in [1.165, 1.54) is 18.2 Å². The second-order valence-corrected chi connectivity index (χ2v) is 4.28. The third-order valence-corrected chi connectivity index (χ3v) is 3.13. The van der Waals surface area contributed by atoms with Crippen molar-refractivity contribution in [1.29, 1.82) is 0 Å². The van der Waals surface area contributed by atoms with Crippen LogP contribution in [0.3, 0.4) is 0 Å². The van der Waals surface area contributed by atoms with Crippen LogP contribution in [0.4, 0.5) is 4.39 Å². The zero-order valence-electron chi connectivity index (χ0n) is 9.60. The van der Waals surface area contributed by atoms with Crippen molar-refractivity contribution in [3.8, 4) is 5.75 Å². The van der Waals surface area contributed by atoms with Gasteiger partial charge in [0.1, 0.15) is 18.2 Å². The van der Waals surface area contributed by atoms with E-state index in [2.05, 4.69) is 0 Å². The minimum absolute atomic E-state index is 0.0815. The molecule has 0 aliphatic carbocycles. The van der Waals surface area contributed by atoms with Gasteiger partial charge < -0.3 is 4.74 Å². The van der Waals surface area contributed by atoms with Gasteiger partial charge in [-0.2, -0.15) is 0 Å². The topological polar surface area (TPSA) is 26.3 Å². The van der Waals surface area contributed by atoms with Gasteiger partial charge in [-0.3, -0.25) is 4.79 Å². The Morgan fingerprint density at radius 2 is 1.89 bits per heavy atom. The Labute approximate surface area is 104 Å². The van der Waals surface area contributed by atoms with E-state index in [4.69, 9.17) is 4.74 Å². The van der Waals surface area contributed by atoms with Gasteiger partial charge in [-0.15, -0.1) is 0 Å². The Balaban J connectivity index is 2.02. The van der Waals surface area contributed by atoms with Gasteiger partial charge in [-0.25, -0.2) is 4.39 Å². The van der Waals surface area contributed by atoms with E-state index in [0.717, 1.165) is 5.56 Å². The van der Waals surface area contributed by atoms with Gasteiger partial charge in [0.05, 0.1) is 11.5 Å². The molecule has 1 aliphatic rings. The Hall–Kier alpha value is -2.16. The second-order valence-electron chi connectivity index (χ2n) is 4.28. The number of ketones is 1. The molecule has 2 aromatic carbocycles. The summed E-state index contributed by atoms with van der Waals surface area (Å²) in [6.45, 7) is 0.307. The average Bonchev–Trinajstić information content (AvgIpc) is 2.41. The van der Waals surface area contributed by atoms with Crippen LogP contribution in [-0.4, -0.2) is 12.4 Å². The number of rotatable bonds is 1. The number of hydrogen-bond donors (Lipinski definition) is 0. The fourth-order valence-corrected chi connectivity index (χ4v) is 2.19. The largest absolute Gasteiger partial charge is 0.492 e. The van der Waals surface area contributed by atoms with Gasteiger partial charge in [0.2, 0.25) is 0 Å². The number of ether oxygens (including phenoxy) is 1. The smallest absolute Gasteiger partial charge is 0.177 e. The molecule has 0 bridgehead atoms. The fourth-order valence-electron chi connectivity index (χ4n) is 2.19. The lowest BCUT2D eigenvalue weighted by Crippen LogP contribution is -2.26. The van der Waals surface area contributed by atoms with Crippen molar-refractivity contribution in [2.75, 3.05) is 6.61 Å². The van der Waals surface area contributed by atoms with Crippen LogP contribution in [0, 0.1) is 5.82 Å². The Kier molecular flexibility index (Phi) is 2.59. The molecule has 90 valence electrons. The lowest BCUT2D eigenvalue weighted by Gasteiger charge is -2.24. The molecular formula is C15H11FO2. The lowest BCUT2D eigenvalue weighted by molar-refractivity contribution is 0.0895. The first-order valence-electron chi connectivity index (χ1n) is 5.77. The predicted molar refractivity (Wildman–Crippen MR) is 65.4 cm³/mol. The molecule has 0 unspecified atom stereocenters. The highest BCUT2D eigenvalue weighted by Crippen LogP contribution is 2.32. The van der Waals surface area contributed by atoms with E-state index in [1.54, 1.807) is 0 Å². The minimum Gasteiger partial charge on any atom is -0.492 e. The molecule has 3 heteroatoms. The summed E-state index contributed by atoms with van der Waals surface area (Å²) in [6.07, 6.45) is 0. The van der Waals surface area contributed by atoms with E-state index in [0.29, 0.717) is 17.9 Å². The Morgan fingerprint density at radius 1 is 1.11 bits per heavy atom. The molecule has 0 radical (unpaired) electrons. The van der Waals surface area contributed by atoms with Crippen LogP contribution >= 0.6 is 0 Å². The number of benzene rings is 2. The number of hydrogen-bond acceptors (Lipinski definition) is 2. The monoisotopic (exact) mass is 242 g/mol. The summed E-state index contributed by atoms with van der Waals surface area (Å²) < 4.78 is 18.7. The molecule has 18 heavy (non-hydrogen) atoms. The molecule has 0 fully saturated rings. The minimum atomic E-state index is -0.417. The molecular weight excluding hydrogens is 231 g/mol. The maximum Gasteiger partial charge on any atom is 0.177 e. The van der Waals surface area contributed by atoms with Crippen LogP contribution in [0.15, 0.2) is 48.5 Å². The van der Waals surface area contributed by atoms with Crippen molar-refractivity contribution in [1.82, 2.24) is 0 Å². The van der Waals surface area contributed by atoms with Crippen LogP contribution in [0.1, 0.15) is 21.8 Å². The van der Waals surface area contributed by atoms with Crippen LogP contribution in [0.5, 0.6) is 5.75 Å². The van der Waals surface area contributed by atoms with E-state index in [-0.39, 0.29) is 11.7 Å². The van der Waals surface area contributed by atoms with Crippen molar-refractivity contribution in [3.63, 3.8) is 0 Å². The molecule has 0 amide bonds. The van der Waals surface area contributed by atoms with Crippen LogP contribution in [-0.2, 0) is 0 Å². The van der Waals surface area contributed by atoms with E-state index in [9.17, 15) is 9.18 Å². The number of carbonyl (C=O) groups is 1. The highest BCUT2D eigenvalue weighted by molar-refractivity contribution is 6.04. The molecule has 1 heterocycles. The van der Waals surface area contributed by atoms with Crippen LogP contribution in [0.25, 0.3) is 0 Å². The standard InChI is InChI=1S/C15H11FO2/c16-11-6-7-14-12(8-11)15(17)13(9-18-14)10-4-2-1-3-5-10/h1-8,13H,9H2/t13-/m0/s1. The van der Waals surface area contributed by atoms with Gasteiger partial charge >= 0.3 is 0 Å². The number of fused-ring (bicyclic) bond motifs is 1. The SMILES string of the molecule is O=C1c2cc(F)ccc2OC[C@H]1c1ccccc1. The third-order valence-electron chi connectivity index (χ3n) is 3.13. The molecule has 0 N–H and O–H groups in total. The Morgan fingerprint density at radius 3 is 2.67 bits per heavy atom. The van der Waals surface area contributed by atoms with Crippen LogP contribution < -0.4 is 4.74 Å². The van der Waals surface area contributed by atoms with Gasteiger partial charge in [-0.1, -0.05) is 30.3 Å².